The van der Waals surface area contributed by atoms with E-state index in [1.165, 1.54) is 12.1 Å². The van der Waals surface area contributed by atoms with Crippen molar-refractivity contribution < 1.29 is 9.72 Å². The number of carbonyl (C=O) groups is 1. The van der Waals surface area contributed by atoms with Gasteiger partial charge in [-0.2, -0.15) is 5.10 Å². The van der Waals surface area contributed by atoms with Gasteiger partial charge < -0.3 is 4.90 Å². The Morgan fingerprint density at radius 3 is 2.33 bits per heavy atom. The SMILES string of the molecule is Cc1ccc(-n2nc(-c3ccc([N+](=O)[O-])cc3)cc2C(=O)N2CCCCC2)c(C)c1. The van der Waals surface area contributed by atoms with Crippen LogP contribution < -0.4 is 0 Å². The van der Waals surface area contributed by atoms with Crippen molar-refractivity contribution >= 4 is 11.6 Å². The zero-order chi connectivity index (χ0) is 21.3. The lowest BCUT2D eigenvalue weighted by atomic mass is 10.1. The lowest BCUT2D eigenvalue weighted by Gasteiger charge is -2.26. The summed E-state index contributed by atoms with van der Waals surface area (Å²) in [5.41, 5.74) is 4.91. The fraction of sp³-hybridized carbons (Fsp3) is 0.304. The molecular formula is C23H24N4O3. The standard InChI is InChI=1S/C23H24N4O3/c1-16-6-11-21(17(2)14-16)26-22(23(28)25-12-4-3-5-13-25)15-20(24-26)18-7-9-19(10-8-18)27(29)30/h6-11,14-15H,3-5,12-13H2,1-2H3. The Morgan fingerprint density at radius 2 is 1.70 bits per heavy atom. The molecule has 0 N–H and O–H groups in total. The molecule has 1 amide bonds. The molecule has 2 aromatic carbocycles. The maximum Gasteiger partial charge on any atom is 0.272 e. The molecule has 30 heavy (non-hydrogen) atoms. The summed E-state index contributed by atoms with van der Waals surface area (Å²) in [6, 6.07) is 14.1. The molecular weight excluding hydrogens is 380 g/mol. The minimum atomic E-state index is -0.427. The Balaban J connectivity index is 1.80. The first kappa shape index (κ1) is 19.8. The maximum atomic E-state index is 13.3. The second-order valence-electron chi connectivity index (χ2n) is 7.77. The molecule has 1 aliphatic heterocycles. The Labute approximate surface area is 175 Å². The summed E-state index contributed by atoms with van der Waals surface area (Å²) in [5, 5.41) is 15.7. The van der Waals surface area contributed by atoms with Crippen LogP contribution in [0.1, 0.15) is 40.9 Å². The summed E-state index contributed by atoms with van der Waals surface area (Å²) in [7, 11) is 0. The molecule has 7 nitrogen and oxygen atoms in total. The van der Waals surface area contributed by atoms with Gasteiger partial charge >= 0.3 is 0 Å². The summed E-state index contributed by atoms with van der Waals surface area (Å²) < 4.78 is 1.71. The number of rotatable bonds is 4. The van der Waals surface area contributed by atoms with Gasteiger partial charge in [0.05, 0.1) is 16.3 Å². The van der Waals surface area contributed by atoms with Gasteiger partial charge in [0, 0.05) is 30.8 Å². The smallest absolute Gasteiger partial charge is 0.272 e. The molecule has 0 atom stereocenters. The Morgan fingerprint density at radius 1 is 1.00 bits per heavy atom. The average Bonchev–Trinajstić information content (AvgIpc) is 3.19. The van der Waals surface area contributed by atoms with Gasteiger partial charge in [-0.1, -0.05) is 17.7 Å². The van der Waals surface area contributed by atoms with Crippen molar-refractivity contribution in [3.63, 3.8) is 0 Å². The van der Waals surface area contributed by atoms with Gasteiger partial charge in [-0.05, 0) is 62.9 Å². The van der Waals surface area contributed by atoms with Crippen molar-refractivity contribution in [2.75, 3.05) is 13.1 Å². The zero-order valence-electron chi connectivity index (χ0n) is 17.2. The van der Waals surface area contributed by atoms with Crippen molar-refractivity contribution in [3.05, 3.63) is 75.5 Å². The molecule has 2 heterocycles. The monoisotopic (exact) mass is 404 g/mol. The second kappa shape index (κ2) is 8.10. The summed E-state index contributed by atoms with van der Waals surface area (Å²) in [4.78, 5) is 25.8. The van der Waals surface area contributed by atoms with Crippen LogP contribution in [0.25, 0.3) is 16.9 Å². The van der Waals surface area contributed by atoms with Crippen molar-refractivity contribution in [2.24, 2.45) is 0 Å². The van der Waals surface area contributed by atoms with Crippen molar-refractivity contribution in [3.8, 4) is 16.9 Å². The molecule has 1 aromatic heterocycles. The molecule has 4 rings (SSSR count). The van der Waals surface area contributed by atoms with Crippen LogP contribution in [0.2, 0.25) is 0 Å². The summed E-state index contributed by atoms with van der Waals surface area (Å²) in [5.74, 6) is -0.0321. The van der Waals surface area contributed by atoms with Crippen molar-refractivity contribution in [2.45, 2.75) is 33.1 Å². The van der Waals surface area contributed by atoms with Crippen molar-refractivity contribution in [1.82, 2.24) is 14.7 Å². The number of nitro groups is 1. The van der Waals surface area contributed by atoms with Gasteiger partial charge in [0.25, 0.3) is 11.6 Å². The number of nitrogens with zero attached hydrogens (tertiary/aromatic N) is 4. The van der Waals surface area contributed by atoms with Gasteiger partial charge in [0.1, 0.15) is 5.69 Å². The van der Waals surface area contributed by atoms with Crippen LogP contribution in [-0.4, -0.2) is 38.6 Å². The largest absolute Gasteiger partial charge is 0.337 e. The van der Waals surface area contributed by atoms with Crippen molar-refractivity contribution in [1.29, 1.82) is 0 Å². The molecule has 3 aromatic rings. The van der Waals surface area contributed by atoms with E-state index in [-0.39, 0.29) is 11.6 Å². The third-order valence-electron chi connectivity index (χ3n) is 5.53. The van der Waals surface area contributed by atoms with E-state index in [4.69, 9.17) is 5.10 Å². The second-order valence-corrected chi connectivity index (χ2v) is 7.77. The molecule has 1 saturated heterocycles. The van der Waals surface area contributed by atoms with E-state index in [0.717, 1.165) is 54.7 Å². The van der Waals surface area contributed by atoms with Gasteiger partial charge in [-0.15, -0.1) is 0 Å². The highest BCUT2D eigenvalue weighted by Crippen LogP contribution is 2.27. The molecule has 7 heteroatoms. The molecule has 0 bridgehead atoms. The van der Waals surface area contributed by atoms with Crippen LogP contribution in [0, 0.1) is 24.0 Å². The predicted octanol–water partition coefficient (Wildman–Crippen LogP) is 4.69. The van der Waals surface area contributed by atoms with Gasteiger partial charge in [0.15, 0.2) is 0 Å². The summed E-state index contributed by atoms with van der Waals surface area (Å²) >= 11 is 0. The van der Waals surface area contributed by atoms with E-state index in [2.05, 4.69) is 6.07 Å². The van der Waals surface area contributed by atoms with Crippen LogP contribution in [0.5, 0.6) is 0 Å². The van der Waals surface area contributed by atoms with E-state index < -0.39 is 4.92 Å². The molecule has 0 spiro atoms. The number of non-ortho nitro benzene ring substituents is 1. The summed E-state index contributed by atoms with van der Waals surface area (Å²) in [6.45, 7) is 5.54. The summed E-state index contributed by atoms with van der Waals surface area (Å²) in [6.07, 6.45) is 3.17. The van der Waals surface area contributed by atoms with Gasteiger partial charge in [-0.25, -0.2) is 4.68 Å². The Hall–Kier alpha value is -3.48. The highest BCUT2D eigenvalue weighted by Gasteiger charge is 2.24. The van der Waals surface area contributed by atoms with E-state index in [9.17, 15) is 14.9 Å². The first-order valence-electron chi connectivity index (χ1n) is 10.2. The number of aromatic nitrogens is 2. The van der Waals surface area contributed by atoms with Crippen LogP contribution in [0.15, 0.2) is 48.5 Å². The predicted molar refractivity (Wildman–Crippen MR) is 115 cm³/mol. The molecule has 0 radical (unpaired) electrons. The van der Waals surface area contributed by atoms with Gasteiger partial charge in [-0.3, -0.25) is 14.9 Å². The number of amides is 1. The minimum Gasteiger partial charge on any atom is -0.337 e. The Kier molecular flexibility index (Phi) is 5.35. The highest BCUT2D eigenvalue weighted by atomic mass is 16.6. The lowest BCUT2D eigenvalue weighted by Crippen LogP contribution is -2.36. The molecule has 0 saturated carbocycles. The third kappa shape index (κ3) is 3.83. The van der Waals surface area contributed by atoms with E-state index >= 15 is 0 Å². The topological polar surface area (TPSA) is 81.3 Å². The van der Waals surface area contributed by atoms with E-state index in [1.54, 1.807) is 22.9 Å². The number of aryl methyl sites for hydroxylation is 2. The fourth-order valence-corrected chi connectivity index (χ4v) is 3.91. The molecule has 154 valence electrons. The number of likely N-dealkylation sites (tertiary alicyclic amines) is 1. The number of nitro benzene ring substituents is 1. The van der Waals surface area contributed by atoms with Crippen LogP contribution >= 0.6 is 0 Å². The minimum absolute atomic E-state index is 0.0252. The zero-order valence-corrected chi connectivity index (χ0v) is 17.2. The third-order valence-corrected chi connectivity index (χ3v) is 5.53. The van der Waals surface area contributed by atoms with Crippen LogP contribution in [0.3, 0.4) is 0 Å². The average molecular weight is 404 g/mol. The molecule has 1 aliphatic rings. The molecule has 1 fully saturated rings. The first-order chi connectivity index (χ1) is 14.4. The number of piperidine rings is 1. The van der Waals surface area contributed by atoms with Crippen LogP contribution in [-0.2, 0) is 0 Å². The number of hydrogen-bond donors (Lipinski definition) is 0. The maximum absolute atomic E-state index is 13.3. The molecule has 0 unspecified atom stereocenters. The lowest BCUT2D eigenvalue weighted by molar-refractivity contribution is -0.384. The number of benzene rings is 2. The number of carbonyl (C=O) groups excluding carboxylic acids is 1. The van der Waals surface area contributed by atoms with E-state index in [0.29, 0.717) is 11.4 Å². The normalized spacial score (nSPS) is 14.0. The molecule has 0 aliphatic carbocycles. The quantitative estimate of drug-likeness (QED) is 0.467. The highest BCUT2D eigenvalue weighted by molar-refractivity contribution is 5.94. The van der Waals surface area contributed by atoms with Gasteiger partial charge in [0.2, 0.25) is 0 Å². The first-order valence-corrected chi connectivity index (χ1v) is 10.2. The Bertz CT molecular complexity index is 1100. The van der Waals surface area contributed by atoms with Crippen LogP contribution in [0.4, 0.5) is 5.69 Å². The number of hydrogen-bond acceptors (Lipinski definition) is 4. The van der Waals surface area contributed by atoms with E-state index in [1.807, 2.05) is 30.9 Å². The fourth-order valence-electron chi connectivity index (χ4n) is 3.91.